The van der Waals surface area contributed by atoms with Gasteiger partial charge in [-0.2, -0.15) is 0 Å². The van der Waals surface area contributed by atoms with Crippen LogP contribution < -0.4 is 4.72 Å². The molecular formula is C10H13BrFNO3S. The lowest BCUT2D eigenvalue weighted by molar-refractivity contribution is 0.208. The smallest absolute Gasteiger partial charge is 0.242 e. The summed E-state index contributed by atoms with van der Waals surface area (Å²) >= 11 is 2.99. The zero-order valence-electron chi connectivity index (χ0n) is 9.37. The van der Waals surface area contributed by atoms with Gasteiger partial charge in [0.25, 0.3) is 0 Å². The second kappa shape index (κ2) is 5.01. The van der Waals surface area contributed by atoms with E-state index in [9.17, 15) is 12.8 Å². The molecule has 0 spiro atoms. The minimum atomic E-state index is -3.80. The first-order valence-electron chi connectivity index (χ1n) is 4.78. The van der Waals surface area contributed by atoms with Crippen LogP contribution in [-0.4, -0.2) is 25.7 Å². The van der Waals surface area contributed by atoms with E-state index in [0.717, 1.165) is 18.2 Å². The fourth-order valence-corrected chi connectivity index (χ4v) is 3.60. The van der Waals surface area contributed by atoms with Crippen molar-refractivity contribution in [2.75, 3.05) is 6.61 Å². The van der Waals surface area contributed by atoms with E-state index in [0.29, 0.717) is 0 Å². The highest BCUT2D eigenvalue weighted by Crippen LogP contribution is 2.23. The van der Waals surface area contributed by atoms with Crippen LogP contribution in [0.5, 0.6) is 0 Å². The highest BCUT2D eigenvalue weighted by molar-refractivity contribution is 9.10. The van der Waals surface area contributed by atoms with Crippen LogP contribution in [0.25, 0.3) is 0 Å². The second-order valence-corrected chi connectivity index (χ2v) is 6.73. The topological polar surface area (TPSA) is 66.4 Å². The maximum absolute atomic E-state index is 12.9. The number of rotatable bonds is 4. The van der Waals surface area contributed by atoms with Gasteiger partial charge in [0.1, 0.15) is 5.82 Å². The molecule has 0 unspecified atom stereocenters. The van der Waals surface area contributed by atoms with Gasteiger partial charge in [-0.05, 0) is 48.0 Å². The first-order valence-corrected chi connectivity index (χ1v) is 7.05. The molecule has 1 aromatic rings. The summed E-state index contributed by atoms with van der Waals surface area (Å²) in [5, 5.41) is 9.02. The molecule has 0 amide bonds. The van der Waals surface area contributed by atoms with Crippen molar-refractivity contribution in [1.29, 1.82) is 0 Å². The average molecular weight is 326 g/mol. The minimum Gasteiger partial charge on any atom is -0.394 e. The van der Waals surface area contributed by atoms with Crippen LogP contribution in [-0.2, 0) is 10.0 Å². The van der Waals surface area contributed by atoms with Crippen LogP contribution in [0.2, 0.25) is 0 Å². The summed E-state index contributed by atoms with van der Waals surface area (Å²) in [7, 11) is -3.80. The van der Waals surface area contributed by atoms with Gasteiger partial charge in [-0.3, -0.25) is 0 Å². The molecule has 1 aromatic carbocycles. The Hall–Kier alpha value is -0.500. The summed E-state index contributed by atoms with van der Waals surface area (Å²) in [4.78, 5) is -0.0691. The van der Waals surface area contributed by atoms with E-state index in [1.807, 2.05) is 0 Å². The van der Waals surface area contributed by atoms with Gasteiger partial charge in [0.15, 0.2) is 0 Å². The van der Waals surface area contributed by atoms with Gasteiger partial charge >= 0.3 is 0 Å². The summed E-state index contributed by atoms with van der Waals surface area (Å²) in [5.41, 5.74) is -0.980. The number of sulfonamides is 1. The maximum atomic E-state index is 12.9. The van der Waals surface area contributed by atoms with Crippen molar-refractivity contribution in [3.05, 3.63) is 28.5 Å². The van der Waals surface area contributed by atoms with Crippen LogP contribution in [0.1, 0.15) is 13.8 Å². The summed E-state index contributed by atoms with van der Waals surface area (Å²) in [5.74, 6) is -0.530. The minimum absolute atomic E-state index is 0.0691. The van der Waals surface area contributed by atoms with Crippen molar-refractivity contribution in [3.63, 3.8) is 0 Å². The number of nitrogens with one attached hydrogen (secondary N) is 1. The van der Waals surface area contributed by atoms with Gasteiger partial charge in [-0.15, -0.1) is 0 Å². The Morgan fingerprint density at radius 1 is 1.47 bits per heavy atom. The number of aliphatic hydroxyl groups is 1. The zero-order valence-corrected chi connectivity index (χ0v) is 11.8. The van der Waals surface area contributed by atoms with E-state index >= 15 is 0 Å². The average Bonchev–Trinajstić information content (AvgIpc) is 2.15. The van der Waals surface area contributed by atoms with Crippen LogP contribution in [0, 0.1) is 5.82 Å². The molecule has 1 rings (SSSR count). The van der Waals surface area contributed by atoms with Crippen molar-refractivity contribution in [3.8, 4) is 0 Å². The maximum Gasteiger partial charge on any atom is 0.242 e. The molecule has 0 aliphatic carbocycles. The lowest BCUT2D eigenvalue weighted by atomic mass is 10.1. The quantitative estimate of drug-likeness (QED) is 0.884. The van der Waals surface area contributed by atoms with E-state index in [4.69, 9.17) is 5.11 Å². The molecule has 4 nitrogen and oxygen atoms in total. The summed E-state index contributed by atoms with van der Waals surface area (Å²) in [6.07, 6.45) is 0. The van der Waals surface area contributed by atoms with Gasteiger partial charge in [-0.25, -0.2) is 17.5 Å². The number of aliphatic hydroxyl groups excluding tert-OH is 1. The Bertz CT molecular complexity index is 516. The van der Waals surface area contributed by atoms with Crippen molar-refractivity contribution in [2.45, 2.75) is 24.3 Å². The Morgan fingerprint density at radius 3 is 2.53 bits per heavy atom. The molecule has 0 heterocycles. The summed E-state index contributed by atoms with van der Waals surface area (Å²) in [6, 6.07) is 3.29. The second-order valence-electron chi connectivity index (χ2n) is 4.22. The molecule has 0 bridgehead atoms. The first-order chi connectivity index (χ1) is 7.68. The monoisotopic (exact) mass is 325 g/mol. The molecule has 0 radical (unpaired) electrons. The SMILES string of the molecule is CC(C)(CO)NS(=O)(=O)c1ccc(F)cc1Br. The predicted molar refractivity (Wildman–Crippen MR) is 65.6 cm³/mol. The van der Waals surface area contributed by atoms with Crippen molar-refractivity contribution in [2.24, 2.45) is 0 Å². The Balaban J connectivity index is 3.14. The first kappa shape index (κ1) is 14.6. The highest BCUT2D eigenvalue weighted by atomic mass is 79.9. The van der Waals surface area contributed by atoms with Crippen LogP contribution in [0.3, 0.4) is 0 Å². The molecule has 0 fully saturated rings. The third kappa shape index (κ3) is 3.74. The van der Waals surface area contributed by atoms with E-state index in [-0.39, 0.29) is 16.0 Å². The lowest BCUT2D eigenvalue weighted by Crippen LogP contribution is -2.46. The lowest BCUT2D eigenvalue weighted by Gasteiger charge is -2.23. The van der Waals surface area contributed by atoms with Crippen LogP contribution in [0.4, 0.5) is 4.39 Å². The third-order valence-corrected chi connectivity index (χ3v) is 4.66. The molecule has 0 saturated heterocycles. The molecule has 0 aliphatic heterocycles. The molecule has 7 heteroatoms. The molecule has 96 valence electrons. The molecule has 0 atom stereocenters. The van der Waals surface area contributed by atoms with E-state index in [1.54, 1.807) is 13.8 Å². The molecular weight excluding hydrogens is 313 g/mol. The van der Waals surface area contributed by atoms with Crippen molar-refractivity contribution in [1.82, 2.24) is 4.72 Å². The fraction of sp³-hybridized carbons (Fsp3) is 0.400. The number of halogens is 2. The van der Waals surface area contributed by atoms with Crippen LogP contribution >= 0.6 is 15.9 Å². The number of hydrogen-bond donors (Lipinski definition) is 2. The Kier molecular flexibility index (Phi) is 4.29. The van der Waals surface area contributed by atoms with Gasteiger partial charge in [0.2, 0.25) is 10.0 Å². The molecule has 0 aromatic heterocycles. The highest BCUT2D eigenvalue weighted by Gasteiger charge is 2.27. The zero-order chi connectivity index (χ0) is 13.3. The Morgan fingerprint density at radius 2 is 2.06 bits per heavy atom. The number of benzene rings is 1. The normalized spacial score (nSPS) is 12.8. The van der Waals surface area contributed by atoms with Gasteiger partial charge < -0.3 is 5.11 Å². The van der Waals surface area contributed by atoms with E-state index in [2.05, 4.69) is 20.7 Å². The van der Waals surface area contributed by atoms with E-state index < -0.39 is 21.4 Å². The van der Waals surface area contributed by atoms with Crippen molar-refractivity contribution >= 4 is 26.0 Å². The Labute approximate surface area is 108 Å². The van der Waals surface area contributed by atoms with Gasteiger partial charge in [-0.1, -0.05) is 0 Å². The van der Waals surface area contributed by atoms with Gasteiger partial charge in [0, 0.05) is 4.47 Å². The van der Waals surface area contributed by atoms with E-state index in [1.165, 1.54) is 0 Å². The van der Waals surface area contributed by atoms with Crippen molar-refractivity contribution < 1.29 is 17.9 Å². The van der Waals surface area contributed by atoms with Crippen LogP contribution in [0.15, 0.2) is 27.6 Å². The summed E-state index contributed by atoms with van der Waals surface area (Å²) < 4.78 is 39.2. The molecule has 2 N–H and O–H groups in total. The largest absolute Gasteiger partial charge is 0.394 e. The molecule has 17 heavy (non-hydrogen) atoms. The standard InChI is InChI=1S/C10H13BrFNO3S/c1-10(2,6-14)13-17(15,16)9-4-3-7(12)5-8(9)11/h3-5,13-14H,6H2,1-2H3. The predicted octanol–water partition coefficient (Wildman–Crippen LogP) is 1.64. The number of hydrogen-bond acceptors (Lipinski definition) is 3. The summed E-state index contributed by atoms with van der Waals surface area (Å²) in [6.45, 7) is 2.75. The fourth-order valence-electron chi connectivity index (χ4n) is 1.14. The van der Waals surface area contributed by atoms with Gasteiger partial charge in [0.05, 0.1) is 17.0 Å². The third-order valence-electron chi connectivity index (χ3n) is 1.99. The molecule has 0 aliphatic rings. The molecule has 0 saturated carbocycles.